The molecule has 0 spiro atoms. The van der Waals surface area contributed by atoms with Gasteiger partial charge in [0.15, 0.2) is 10.9 Å². The number of thiocarbonyl (C=S) groups is 1. The molecule has 4 rings (SSSR count). The van der Waals surface area contributed by atoms with Crippen LogP contribution in [-0.2, 0) is 0 Å². The fraction of sp³-hybridized carbons (Fsp3) is 0. The number of thiophene rings is 1. The first-order valence-electron chi connectivity index (χ1n) is 8.85. The standard InChI is InChI=1S/C21H13Cl2N3O3S2/c22-11-6-7-14-16(9-11)31-18(17(14)23)20(28)26-21(30)25-13-4-1-3-12(10-13)24-19(27)15-5-2-8-29-15/h1-10H,(H,24,27)(H2,25,26,28,30). The van der Waals surface area contributed by atoms with Crippen LogP contribution in [-0.4, -0.2) is 16.9 Å². The lowest BCUT2D eigenvalue weighted by Gasteiger charge is -2.11. The van der Waals surface area contributed by atoms with Crippen LogP contribution in [0.4, 0.5) is 11.4 Å². The molecule has 10 heteroatoms. The number of hydrogen-bond donors (Lipinski definition) is 3. The zero-order valence-corrected chi connectivity index (χ0v) is 18.7. The normalized spacial score (nSPS) is 10.6. The quantitative estimate of drug-likeness (QED) is 0.298. The lowest BCUT2D eigenvalue weighted by molar-refractivity contribution is 0.0978. The zero-order chi connectivity index (χ0) is 22.0. The highest BCUT2D eigenvalue weighted by molar-refractivity contribution is 7.80. The molecule has 0 aliphatic heterocycles. The van der Waals surface area contributed by atoms with E-state index in [1.54, 1.807) is 54.6 Å². The highest BCUT2D eigenvalue weighted by atomic mass is 35.5. The Kier molecular flexibility index (Phi) is 6.24. The van der Waals surface area contributed by atoms with Crippen molar-refractivity contribution in [2.24, 2.45) is 0 Å². The van der Waals surface area contributed by atoms with Gasteiger partial charge in [-0.25, -0.2) is 0 Å². The van der Waals surface area contributed by atoms with E-state index in [0.717, 1.165) is 10.1 Å². The second-order valence-corrected chi connectivity index (χ2v) is 8.58. The van der Waals surface area contributed by atoms with E-state index in [0.29, 0.717) is 26.3 Å². The van der Waals surface area contributed by atoms with Crippen molar-refractivity contribution < 1.29 is 14.0 Å². The van der Waals surface area contributed by atoms with Crippen molar-refractivity contribution in [3.63, 3.8) is 0 Å². The predicted octanol–water partition coefficient (Wildman–Crippen LogP) is 6.18. The minimum absolute atomic E-state index is 0.0890. The fourth-order valence-corrected chi connectivity index (χ4v) is 4.68. The summed E-state index contributed by atoms with van der Waals surface area (Å²) in [6, 6.07) is 15.3. The number of anilines is 2. The maximum Gasteiger partial charge on any atom is 0.291 e. The maximum absolute atomic E-state index is 12.7. The van der Waals surface area contributed by atoms with Crippen molar-refractivity contribution in [3.8, 4) is 0 Å². The minimum atomic E-state index is -0.429. The van der Waals surface area contributed by atoms with Crippen molar-refractivity contribution in [2.45, 2.75) is 0 Å². The van der Waals surface area contributed by atoms with Crippen LogP contribution in [0.2, 0.25) is 10.0 Å². The molecule has 0 radical (unpaired) electrons. The highest BCUT2D eigenvalue weighted by Gasteiger charge is 2.18. The molecule has 156 valence electrons. The first kappa shape index (κ1) is 21.3. The third kappa shape index (κ3) is 4.88. The molecule has 3 N–H and O–H groups in total. The van der Waals surface area contributed by atoms with Gasteiger partial charge < -0.3 is 15.1 Å². The Hall–Kier alpha value is -2.91. The number of halogens is 2. The lowest BCUT2D eigenvalue weighted by atomic mass is 10.2. The molecule has 0 aliphatic rings. The Bertz CT molecular complexity index is 1300. The molecule has 2 heterocycles. The number of amides is 2. The summed E-state index contributed by atoms with van der Waals surface area (Å²) >= 11 is 18.8. The molecule has 0 fully saturated rings. The van der Waals surface area contributed by atoms with Crippen molar-refractivity contribution in [3.05, 3.63) is 81.5 Å². The SMILES string of the molecule is O=C(Nc1cccc(NC(=S)NC(=O)c2sc3cc(Cl)ccc3c2Cl)c1)c1ccco1. The predicted molar refractivity (Wildman–Crippen MR) is 129 cm³/mol. The number of benzene rings is 2. The van der Waals surface area contributed by atoms with E-state index in [1.165, 1.54) is 17.6 Å². The Morgan fingerprint density at radius 1 is 0.935 bits per heavy atom. The number of nitrogens with one attached hydrogen (secondary N) is 3. The van der Waals surface area contributed by atoms with E-state index in [4.69, 9.17) is 39.8 Å². The molecule has 0 atom stereocenters. The Morgan fingerprint density at radius 3 is 2.45 bits per heavy atom. The van der Waals surface area contributed by atoms with E-state index in [9.17, 15) is 9.59 Å². The third-order valence-corrected chi connectivity index (χ3v) is 6.24. The van der Waals surface area contributed by atoms with Crippen LogP contribution in [0.15, 0.2) is 65.3 Å². The molecule has 0 saturated carbocycles. The summed E-state index contributed by atoms with van der Waals surface area (Å²) in [4.78, 5) is 25.1. The number of furan rings is 1. The van der Waals surface area contributed by atoms with Crippen LogP contribution in [0.1, 0.15) is 20.2 Å². The van der Waals surface area contributed by atoms with E-state index < -0.39 is 5.91 Å². The molecule has 2 amide bonds. The summed E-state index contributed by atoms with van der Waals surface area (Å²) in [5.74, 6) is -0.609. The highest BCUT2D eigenvalue weighted by Crippen LogP contribution is 2.36. The molecule has 0 saturated heterocycles. The Labute approximate surface area is 196 Å². The largest absolute Gasteiger partial charge is 0.459 e. The first-order chi connectivity index (χ1) is 14.9. The van der Waals surface area contributed by atoms with Crippen LogP contribution in [0.5, 0.6) is 0 Å². The second-order valence-electron chi connectivity index (χ2n) is 6.31. The van der Waals surface area contributed by atoms with E-state index >= 15 is 0 Å². The minimum Gasteiger partial charge on any atom is -0.459 e. The van der Waals surface area contributed by atoms with Crippen LogP contribution in [0.25, 0.3) is 10.1 Å². The molecule has 0 aliphatic carbocycles. The molecule has 2 aromatic heterocycles. The summed E-state index contributed by atoms with van der Waals surface area (Å²) in [7, 11) is 0. The van der Waals surface area contributed by atoms with Crippen LogP contribution in [0, 0.1) is 0 Å². The zero-order valence-electron chi connectivity index (χ0n) is 15.6. The van der Waals surface area contributed by atoms with E-state index in [-0.39, 0.29) is 16.8 Å². The molecule has 2 aromatic carbocycles. The van der Waals surface area contributed by atoms with E-state index in [2.05, 4.69) is 16.0 Å². The Morgan fingerprint density at radius 2 is 1.71 bits per heavy atom. The smallest absolute Gasteiger partial charge is 0.291 e. The molecular weight excluding hydrogens is 477 g/mol. The fourth-order valence-electron chi connectivity index (χ4n) is 2.78. The van der Waals surface area contributed by atoms with Crippen molar-refractivity contribution in [2.75, 3.05) is 10.6 Å². The van der Waals surface area contributed by atoms with Crippen LogP contribution >= 0.6 is 46.8 Å². The van der Waals surface area contributed by atoms with Gasteiger partial charge in [0, 0.05) is 26.5 Å². The molecule has 6 nitrogen and oxygen atoms in total. The summed E-state index contributed by atoms with van der Waals surface area (Å²) in [6.45, 7) is 0. The van der Waals surface area contributed by atoms with Crippen LogP contribution in [0.3, 0.4) is 0 Å². The van der Waals surface area contributed by atoms with Gasteiger partial charge in [-0.1, -0.05) is 35.3 Å². The lowest BCUT2D eigenvalue weighted by Crippen LogP contribution is -2.33. The molecule has 0 unspecified atom stereocenters. The van der Waals surface area contributed by atoms with Gasteiger partial charge in [0.25, 0.3) is 11.8 Å². The molecule has 4 aromatic rings. The van der Waals surface area contributed by atoms with Gasteiger partial charge in [0.1, 0.15) is 4.88 Å². The maximum atomic E-state index is 12.7. The molecular formula is C21H13Cl2N3O3S2. The van der Waals surface area contributed by atoms with Gasteiger partial charge in [-0.3, -0.25) is 14.9 Å². The van der Waals surface area contributed by atoms with Gasteiger partial charge in [0.2, 0.25) is 0 Å². The molecule has 0 bridgehead atoms. The van der Waals surface area contributed by atoms with Crippen molar-refractivity contribution in [1.82, 2.24) is 5.32 Å². The molecule has 31 heavy (non-hydrogen) atoms. The van der Waals surface area contributed by atoms with Gasteiger partial charge in [-0.05, 0) is 54.7 Å². The second kappa shape index (κ2) is 9.07. The summed E-state index contributed by atoms with van der Waals surface area (Å²) in [5.41, 5.74) is 1.11. The van der Waals surface area contributed by atoms with Crippen LogP contribution < -0.4 is 16.0 Å². The number of carbonyl (C=O) groups excluding carboxylic acids is 2. The van der Waals surface area contributed by atoms with Crippen molar-refractivity contribution in [1.29, 1.82) is 0 Å². The number of rotatable bonds is 4. The van der Waals surface area contributed by atoms with Gasteiger partial charge in [-0.2, -0.15) is 0 Å². The summed E-state index contributed by atoms with van der Waals surface area (Å²) in [6.07, 6.45) is 1.42. The Balaban J connectivity index is 1.42. The topological polar surface area (TPSA) is 83.4 Å². The van der Waals surface area contributed by atoms with Gasteiger partial charge in [-0.15, -0.1) is 11.3 Å². The van der Waals surface area contributed by atoms with Gasteiger partial charge >= 0.3 is 0 Å². The van der Waals surface area contributed by atoms with E-state index in [1.807, 2.05) is 0 Å². The van der Waals surface area contributed by atoms with Gasteiger partial charge in [0.05, 0.1) is 11.3 Å². The summed E-state index contributed by atoms with van der Waals surface area (Å²) < 4.78 is 5.88. The third-order valence-electron chi connectivity index (χ3n) is 4.15. The van der Waals surface area contributed by atoms with Crippen molar-refractivity contribution >= 4 is 85.1 Å². The number of carbonyl (C=O) groups is 2. The number of hydrogen-bond acceptors (Lipinski definition) is 5. The average Bonchev–Trinajstić information content (AvgIpc) is 3.36. The summed E-state index contributed by atoms with van der Waals surface area (Å²) in [5, 5.41) is 10.0. The monoisotopic (exact) mass is 489 g/mol. The number of fused-ring (bicyclic) bond motifs is 1. The first-order valence-corrected chi connectivity index (χ1v) is 10.8. The average molecular weight is 490 g/mol.